The van der Waals surface area contributed by atoms with E-state index in [0.29, 0.717) is 5.56 Å². The summed E-state index contributed by atoms with van der Waals surface area (Å²) < 4.78 is 24.7. The van der Waals surface area contributed by atoms with E-state index in [-0.39, 0.29) is 4.90 Å². The molecule has 2 rings (SSSR count). The Morgan fingerprint density at radius 2 is 1.95 bits per heavy atom. The van der Waals surface area contributed by atoms with Crippen molar-refractivity contribution in [2.24, 2.45) is 5.10 Å². The predicted octanol–water partition coefficient (Wildman–Crippen LogP) is 2.46. The van der Waals surface area contributed by atoms with Crippen molar-refractivity contribution in [1.82, 2.24) is 9.82 Å². The Hall–Kier alpha value is -1.73. The lowest BCUT2D eigenvalue weighted by molar-refractivity contribution is 0.584. The fraction of sp³-hybridized carbons (Fsp3) is 0.0769. The molecule has 104 valence electrons. The molecule has 0 aliphatic carbocycles. The molecule has 0 spiro atoms. The average molecular weight is 354 g/mol. The number of hydrogen-bond acceptors (Lipinski definition) is 4. The third kappa shape index (κ3) is 3.88. The Labute approximate surface area is 125 Å². The van der Waals surface area contributed by atoms with E-state index in [1.54, 1.807) is 30.6 Å². The zero-order chi connectivity index (χ0) is 14.6. The Morgan fingerprint density at radius 1 is 1.25 bits per heavy atom. The fourth-order valence-corrected chi connectivity index (χ4v) is 2.61. The van der Waals surface area contributed by atoms with Crippen LogP contribution in [-0.4, -0.2) is 19.6 Å². The number of aromatic nitrogens is 1. The van der Waals surface area contributed by atoms with Crippen molar-refractivity contribution in [3.8, 4) is 0 Å². The average Bonchev–Trinajstić information content (AvgIpc) is 2.39. The monoisotopic (exact) mass is 353 g/mol. The number of pyridine rings is 1. The molecule has 0 aliphatic rings. The number of hydrogen-bond donors (Lipinski definition) is 1. The van der Waals surface area contributed by atoms with Gasteiger partial charge in [0.05, 0.1) is 11.1 Å². The highest BCUT2D eigenvalue weighted by Gasteiger charge is 2.11. The van der Waals surface area contributed by atoms with Gasteiger partial charge in [-0.1, -0.05) is 17.7 Å². The van der Waals surface area contributed by atoms with Crippen LogP contribution in [0.15, 0.2) is 57.2 Å². The van der Waals surface area contributed by atoms with Crippen LogP contribution in [0.5, 0.6) is 0 Å². The number of hydrazone groups is 1. The van der Waals surface area contributed by atoms with Gasteiger partial charge in [0.1, 0.15) is 0 Å². The van der Waals surface area contributed by atoms with Crippen LogP contribution in [0.1, 0.15) is 11.1 Å². The van der Waals surface area contributed by atoms with Crippen LogP contribution in [0.2, 0.25) is 0 Å². The maximum absolute atomic E-state index is 12.0. The van der Waals surface area contributed by atoms with Gasteiger partial charge in [-0.15, -0.1) is 0 Å². The van der Waals surface area contributed by atoms with Crippen molar-refractivity contribution in [2.75, 3.05) is 0 Å². The summed E-state index contributed by atoms with van der Waals surface area (Å²) in [4.78, 5) is 6.29. The molecule has 0 bridgehead atoms. The largest absolute Gasteiger partial charge is 0.276 e. The number of nitrogens with one attached hydrogen (secondary N) is 1. The highest BCUT2D eigenvalue weighted by Crippen LogP contribution is 2.10. The molecule has 1 N–H and O–H groups in total. The Kier molecular flexibility index (Phi) is 4.51. The summed E-state index contributed by atoms with van der Waals surface area (Å²) in [7, 11) is -3.64. The summed E-state index contributed by atoms with van der Waals surface area (Å²) in [6.07, 6.45) is 4.60. The van der Waals surface area contributed by atoms with E-state index >= 15 is 0 Å². The first-order chi connectivity index (χ1) is 9.47. The SMILES string of the molecule is Cc1ccc(S(=O)(=O)NN=Cc2cncc(Br)c2)cc1. The molecule has 1 aromatic carbocycles. The van der Waals surface area contributed by atoms with Gasteiger partial charge in [0, 0.05) is 22.4 Å². The van der Waals surface area contributed by atoms with Crippen LogP contribution in [0, 0.1) is 6.92 Å². The predicted molar refractivity (Wildman–Crippen MR) is 81.0 cm³/mol. The summed E-state index contributed by atoms with van der Waals surface area (Å²) in [6.45, 7) is 1.89. The molecule has 7 heteroatoms. The second-order valence-electron chi connectivity index (χ2n) is 4.10. The van der Waals surface area contributed by atoms with E-state index in [2.05, 4.69) is 30.8 Å². The van der Waals surface area contributed by atoms with E-state index < -0.39 is 10.0 Å². The van der Waals surface area contributed by atoms with Gasteiger partial charge < -0.3 is 0 Å². The summed E-state index contributed by atoms with van der Waals surface area (Å²) in [5.41, 5.74) is 1.68. The third-order valence-corrected chi connectivity index (χ3v) is 4.12. The van der Waals surface area contributed by atoms with Crippen LogP contribution in [-0.2, 0) is 10.0 Å². The maximum Gasteiger partial charge on any atom is 0.276 e. The highest BCUT2D eigenvalue weighted by atomic mass is 79.9. The topological polar surface area (TPSA) is 71.4 Å². The van der Waals surface area contributed by atoms with Crippen LogP contribution >= 0.6 is 15.9 Å². The molecule has 0 saturated carbocycles. The van der Waals surface area contributed by atoms with Gasteiger partial charge in [-0.05, 0) is 41.1 Å². The zero-order valence-electron chi connectivity index (χ0n) is 10.6. The molecule has 2 aromatic rings. The Bertz CT molecular complexity index is 728. The lowest BCUT2D eigenvalue weighted by atomic mass is 10.2. The maximum atomic E-state index is 12.0. The minimum atomic E-state index is -3.64. The van der Waals surface area contributed by atoms with Crippen molar-refractivity contribution in [3.63, 3.8) is 0 Å². The molecule has 1 heterocycles. The quantitative estimate of drug-likeness (QED) is 0.677. The molecule has 20 heavy (non-hydrogen) atoms. The van der Waals surface area contributed by atoms with E-state index in [1.807, 2.05) is 6.92 Å². The number of nitrogens with zero attached hydrogens (tertiary/aromatic N) is 2. The van der Waals surface area contributed by atoms with Gasteiger partial charge in [0.15, 0.2) is 0 Å². The number of halogens is 1. The second kappa shape index (κ2) is 6.15. The first-order valence-corrected chi connectivity index (χ1v) is 7.97. The molecule has 0 aliphatic heterocycles. The molecule has 0 saturated heterocycles. The van der Waals surface area contributed by atoms with Crippen LogP contribution < -0.4 is 4.83 Å². The Balaban J connectivity index is 2.11. The van der Waals surface area contributed by atoms with Crippen molar-refractivity contribution < 1.29 is 8.42 Å². The summed E-state index contributed by atoms with van der Waals surface area (Å²) >= 11 is 3.27. The number of aryl methyl sites for hydroxylation is 1. The van der Waals surface area contributed by atoms with E-state index in [1.165, 1.54) is 18.3 Å². The standard InChI is InChI=1S/C13H12BrN3O2S/c1-10-2-4-13(5-3-10)20(18,19)17-16-8-11-6-12(14)9-15-7-11/h2-9,17H,1H3. The smallest absolute Gasteiger partial charge is 0.263 e. The molecule has 0 fully saturated rings. The molecule has 1 aromatic heterocycles. The van der Waals surface area contributed by atoms with Crippen molar-refractivity contribution in [2.45, 2.75) is 11.8 Å². The van der Waals surface area contributed by atoms with Gasteiger partial charge in [0.2, 0.25) is 0 Å². The van der Waals surface area contributed by atoms with Crippen LogP contribution in [0.4, 0.5) is 0 Å². The number of sulfonamides is 1. The summed E-state index contributed by atoms with van der Waals surface area (Å²) in [6, 6.07) is 8.31. The zero-order valence-corrected chi connectivity index (χ0v) is 13.0. The third-order valence-electron chi connectivity index (χ3n) is 2.44. The van der Waals surface area contributed by atoms with Crippen LogP contribution in [0.3, 0.4) is 0 Å². The molecular formula is C13H12BrN3O2S. The molecule has 0 amide bonds. The first kappa shape index (κ1) is 14.7. The Morgan fingerprint density at radius 3 is 2.60 bits per heavy atom. The van der Waals surface area contributed by atoms with Crippen molar-refractivity contribution in [3.05, 3.63) is 58.3 Å². The van der Waals surface area contributed by atoms with Gasteiger partial charge in [-0.3, -0.25) is 4.98 Å². The summed E-state index contributed by atoms with van der Waals surface area (Å²) in [5.74, 6) is 0. The van der Waals surface area contributed by atoms with Crippen molar-refractivity contribution >= 4 is 32.2 Å². The van der Waals surface area contributed by atoms with E-state index in [4.69, 9.17) is 0 Å². The molecule has 5 nitrogen and oxygen atoms in total. The molecule has 0 unspecified atom stereocenters. The van der Waals surface area contributed by atoms with E-state index in [0.717, 1.165) is 10.0 Å². The molecular weight excluding hydrogens is 342 g/mol. The normalized spacial score (nSPS) is 11.7. The van der Waals surface area contributed by atoms with Crippen LogP contribution in [0.25, 0.3) is 0 Å². The van der Waals surface area contributed by atoms with Gasteiger partial charge in [0.25, 0.3) is 10.0 Å². The lowest BCUT2D eigenvalue weighted by Crippen LogP contribution is -2.18. The molecule has 0 atom stereocenters. The minimum absolute atomic E-state index is 0.174. The fourth-order valence-electron chi connectivity index (χ4n) is 1.44. The second-order valence-corrected chi connectivity index (χ2v) is 6.68. The number of rotatable bonds is 4. The van der Waals surface area contributed by atoms with Crippen molar-refractivity contribution in [1.29, 1.82) is 0 Å². The highest BCUT2D eigenvalue weighted by molar-refractivity contribution is 9.10. The van der Waals surface area contributed by atoms with Gasteiger partial charge >= 0.3 is 0 Å². The first-order valence-electron chi connectivity index (χ1n) is 5.69. The lowest BCUT2D eigenvalue weighted by Gasteiger charge is -2.03. The minimum Gasteiger partial charge on any atom is -0.263 e. The molecule has 0 radical (unpaired) electrons. The summed E-state index contributed by atoms with van der Waals surface area (Å²) in [5, 5.41) is 3.73. The van der Waals surface area contributed by atoms with Gasteiger partial charge in [-0.25, -0.2) is 4.83 Å². The van der Waals surface area contributed by atoms with Gasteiger partial charge in [-0.2, -0.15) is 13.5 Å². The number of benzene rings is 1. The van der Waals surface area contributed by atoms with E-state index in [9.17, 15) is 8.42 Å².